The zero-order valence-corrected chi connectivity index (χ0v) is 9.59. The lowest BCUT2D eigenvalue weighted by Crippen LogP contribution is -1.96. The second-order valence-electron chi connectivity index (χ2n) is 4.20. The van der Waals surface area contributed by atoms with E-state index < -0.39 is 0 Å². The minimum Gasteiger partial charge on any atom is -0.507 e. The van der Waals surface area contributed by atoms with Gasteiger partial charge in [-0.05, 0) is 36.0 Å². The predicted molar refractivity (Wildman–Crippen MR) is 60.9 cm³/mol. The van der Waals surface area contributed by atoms with Gasteiger partial charge in [-0.25, -0.2) is 0 Å². The summed E-state index contributed by atoms with van der Waals surface area (Å²) in [6.45, 7) is 8.43. The lowest BCUT2D eigenvalue weighted by atomic mass is 9.94. The van der Waals surface area contributed by atoms with Gasteiger partial charge in [0.1, 0.15) is 5.75 Å². The molecule has 14 heavy (non-hydrogen) atoms. The van der Waals surface area contributed by atoms with Gasteiger partial charge in [0.05, 0.1) is 0 Å². The average molecular weight is 192 g/mol. The monoisotopic (exact) mass is 192 g/mol. The summed E-state index contributed by atoms with van der Waals surface area (Å²) in [5.41, 5.74) is 3.39. The Hall–Kier alpha value is -0.980. The molecule has 1 N–H and O–H groups in total. The van der Waals surface area contributed by atoms with Crippen molar-refractivity contribution in [3.63, 3.8) is 0 Å². The van der Waals surface area contributed by atoms with Crippen molar-refractivity contribution < 1.29 is 5.11 Å². The first-order chi connectivity index (χ1) is 6.57. The molecule has 1 heteroatoms. The van der Waals surface area contributed by atoms with Gasteiger partial charge in [-0.2, -0.15) is 0 Å². The first kappa shape index (κ1) is 11.1. The Labute approximate surface area is 86.8 Å². The van der Waals surface area contributed by atoms with Crippen molar-refractivity contribution in [1.82, 2.24) is 0 Å². The van der Waals surface area contributed by atoms with Crippen LogP contribution < -0.4 is 0 Å². The first-order valence-corrected chi connectivity index (χ1v) is 5.39. The Morgan fingerprint density at radius 2 is 1.93 bits per heavy atom. The molecule has 1 rings (SSSR count). The van der Waals surface area contributed by atoms with Crippen molar-refractivity contribution in [3.8, 4) is 5.75 Å². The Bertz CT molecular complexity index is 313. The van der Waals surface area contributed by atoms with E-state index in [1.54, 1.807) is 0 Å². The molecule has 0 heterocycles. The zero-order chi connectivity index (χ0) is 10.7. The summed E-state index contributed by atoms with van der Waals surface area (Å²) in [4.78, 5) is 0. The fourth-order valence-corrected chi connectivity index (χ4v) is 1.79. The number of aryl methyl sites for hydroxylation is 1. The summed E-state index contributed by atoms with van der Waals surface area (Å²) in [7, 11) is 0. The fourth-order valence-electron chi connectivity index (χ4n) is 1.79. The second kappa shape index (κ2) is 4.50. The topological polar surface area (TPSA) is 20.2 Å². The molecule has 0 aliphatic heterocycles. The summed E-state index contributed by atoms with van der Waals surface area (Å²) in [6.07, 6.45) is 2.05. The molecule has 0 atom stereocenters. The van der Waals surface area contributed by atoms with Gasteiger partial charge in [-0.3, -0.25) is 0 Å². The molecule has 1 aromatic carbocycles. The summed E-state index contributed by atoms with van der Waals surface area (Å²) < 4.78 is 0. The number of rotatable bonds is 3. The van der Waals surface area contributed by atoms with Crippen molar-refractivity contribution in [2.24, 2.45) is 0 Å². The molecule has 0 bridgehead atoms. The molecule has 0 saturated carbocycles. The van der Waals surface area contributed by atoms with Gasteiger partial charge in [0.25, 0.3) is 0 Å². The van der Waals surface area contributed by atoms with Crippen LogP contribution in [0.2, 0.25) is 0 Å². The molecular formula is C13H20O. The highest BCUT2D eigenvalue weighted by Crippen LogP contribution is 2.31. The van der Waals surface area contributed by atoms with E-state index in [4.69, 9.17) is 0 Å². The van der Waals surface area contributed by atoms with Crippen LogP contribution in [0, 0.1) is 6.92 Å². The number of hydrogen-bond donors (Lipinski definition) is 1. The third-order valence-corrected chi connectivity index (χ3v) is 2.67. The van der Waals surface area contributed by atoms with E-state index in [-0.39, 0.29) is 0 Å². The van der Waals surface area contributed by atoms with Crippen LogP contribution >= 0.6 is 0 Å². The van der Waals surface area contributed by atoms with Gasteiger partial charge in [-0.15, -0.1) is 0 Å². The van der Waals surface area contributed by atoms with Gasteiger partial charge in [0.15, 0.2) is 0 Å². The van der Waals surface area contributed by atoms with E-state index in [1.165, 1.54) is 5.56 Å². The molecule has 1 nitrogen and oxygen atoms in total. The molecule has 78 valence electrons. The van der Waals surface area contributed by atoms with E-state index in [0.717, 1.165) is 24.0 Å². The maximum absolute atomic E-state index is 10.1. The van der Waals surface area contributed by atoms with Crippen molar-refractivity contribution >= 4 is 0 Å². The number of phenolic OH excluding ortho intramolecular Hbond substituents is 1. The summed E-state index contributed by atoms with van der Waals surface area (Å²) >= 11 is 0. The number of phenols is 1. The Morgan fingerprint density at radius 3 is 2.43 bits per heavy atom. The fraction of sp³-hybridized carbons (Fsp3) is 0.538. The van der Waals surface area contributed by atoms with Gasteiger partial charge < -0.3 is 5.11 Å². The molecule has 1 aromatic rings. The quantitative estimate of drug-likeness (QED) is 0.772. The van der Waals surface area contributed by atoms with Crippen LogP contribution in [0.3, 0.4) is 0 Å². The predicted octanol–water partition coefficient (Wildman–Crippen LogP) is 3.78. The third-order valence-electron chi connectivity index (χ3n) is 2.67. The zero-order valence-electron chi connectivity index (χ0n) is 9.59. The summed E-state index contributed by atoms with van der Waals surface area (Å²) in [5.74, 6) is 0.910. The molecule has 0 radical (unpaired) electrons. The van der Waals surface area contributed by atoms with E-state index in [9.17, 15) is 5.11 Å². The van der Waals surface area contributed by atoms with Gasteiger partial charge in [0.2, 0.25) is 0 Å². The van der Waals surface area contributed by atoms with Gasteiger partial charge >= 0.3 is 0 Å². The van der Waals surface area contributed by atoms with E-state index >= 15 is 0 Å². The molecule has 0 unspecified atom stereocenters. The number of aromatic hydroxyl groups is 1. The normalized spacial score (nSPS) is 10.9. The maximum Gasteiger partial charge on any atom is 0.122 e. The summed E-state index contributed by atoms with van der Waals surface area (Å²) in [6, 6.07) is 4.15. The molecule has 0 aliphatic rings. The highest BCUT2D eigenvalue weighted by atomic mass is 16.3. The molecule has 0 aromatic heterocycles. The van der Waals surface area contributed by atoms with Crippen molar-refractivity contribution in [2.75, 3.05) is 0 Å². The van der Waals surface area contributed by atoms with E-state index in [1.807, 2.05) is 6.07 Å². The maximum atomic E-state index is 10.1. The van der Waals surface area contributed by atoms with Crippen molar-refractivity contribution in [2.45, 2.75) is 46.5 Å². The largest absolute Gasteiger partial charge is 0.507 e. The molecule has 0 spiro atoms. The molecule has 0 fully saturated rings. The van der Waals surface area contributed by atoms with Crippen LogP contribution in [0.4, 0.5) is 0 Å². The molecule has 0 saturated heterocycles. The Balaban J connectivity index is 3.19. The van der Waals surface area contributed by atoms with Gasteiger partial charge in [0, 0.05) is 0 Å². The standard InChI is InChI=1S/C13H20O/c1-5-6-12-10(4)7-8-11(9(2)3)13(12)14/h7-9,14H,5-6H2,1-4H3. The first-order valence-electron chi connectivity index (χ1n) is 5.39. The lowest BCUT2D eigenvalue weighted by molar-refractivity contribution is 0.456. The van der Waals surface area contributed by atoms with Crippen LogP contribution in [0.5, 0.6) is 5.75 Å². The van der Waals surface area contributed by atoms with Crippen molar-refractivity contribution in [3.05, 3.63) is 28.8 Å². The van der Waals surface area contributed by atoms with Crippen molar-refractivity contribution in [1.29, 1.82) is 0 Å². The summed E-state index contributed by atoms with van der Waals surface area (Å²) in [5, 5.41) is 10.1. The van der Waals surface area contributed by atoms with E-state index in [0.29, 0.717) is 11.7 Å². The van der Waals surface area contributed by atoms with Crippen LogP contribution in [0.15, 0.2) is 12.1 Å². The van der Waals surface area contributed by atoms with Crippen LogP contribution in [-0.4, -0.2) is 5.11 Å². The highest BCUT2D eigenvalue weighted by molar-refractivity contribution is 5.46. The Kier molecular flexibility index (Phi) is 3.56. The Morgan fingerprint density at radius 1 is 1.29 bits per heavy atom. The molecule has 0 amide bonds. The van der Waals surface area contributed by atoms with Crippen LogP contribution in [0.1, 0.15) is 49.8 Å². The minimum absolute atomic E-state index is 0.395. The smallest absolute Gasteiger partial charge is 0.122 e. The SMILES string of the molecule is CCCc1c(C)ccc(C(C)C)c1O. The highest BCUT2D eigenvalue weighted by Gasteiger charge is 2.11. The average Bonchev–Trinajstić information content (AvgIpc) is 2.11. The minimum atomic E-state index is 0.395. The van der Waals surface area contributed by atoms with E-state index in [2.05, 4.69) is 33.8 Å². The number of benzene rings is 1. The molecular weight excluding hydrogens is 172 g/mol. The van der Waals surface area contributed by atoms with Crippen LogP contribution in [0.25, 0.3) is 0 Å². The molecule has 0 aliphatic carbocycles. The second-order valence-corrected chi connectivity index (χ2v) is 4.20. The van der Waals surface area contributed by atoms with Gasteiger partial charge in [-0.1, -0.05) is 39.3 Å². The number of hydrogen-bond acceptors (Lipinski definition) is 1. The lowest BCUT2D eigenvalue weighted by Gasteiger charge is -2.14. The van der Waals surface area contributed by atoms with Crippen LogP contribution in [-0.2, 0) is 6.42 Å². The third kappa shape index (κ3) is 2.09.